The third kappa shape index (κ3) is 2.46. The SMILES string of the molecule is CCOC(OCC)(c1c[nH]c2ccccc12)c1c[nH]c2ccccc12. The Hall–Kier alpha value is -2.56. The van der Waals surface area contributed by atoms with Crippen molar-refractivity contribution in [2.45, 2.75) is 19.6 Å². The number of ether oxygens (including phenoxy) is 2. The van der Waals surface area contributed by atoms with Crippen LogP contribution >= 0.6 is 0 Å². The molecule has 2 aromatic heterocycles. The Morgan fingerprint density at radius 2 is 1.16 bits per heavy atom. The number of rotatable bonds is 6. The minimum absolute atomic E-state index is 0.541. The van der Waals surface area contributed by atoms with Crippen LogP contribution in [0, 0.1) is 0 Å². The van der Waals surface area contributed by atoms with E-state index in [0.29, 0.717) is 13.2 Å². The summed E-state index contributed by atoms with van der Waals surface area (Å²) < 4.78 is 12.6. The first-order valence-electron chi connectivity index (χ1n) is 8.71. The summed E-state index contributed by atoms with van der Waals surface area (Å²) in [5.41, 5.74) is 4.13. The van der Waals surface area contributed by atoms with Gasteiger partial charge in [0.25, 0.3) is 0 Å². The third-order valence-electron chi connectivity index (χ3n) is 4.58. The Balaban J connectivity index is 2.02. The summed E-state index contributed by atoms with van der Waals surface area (Å²) in [5.74, 6) is -0.956. The van der Waals surface area contributed by atoms with E-state index < -0.39 is 5.79 Å². The molecule has 0 bridgehead atoms. The first-order chi connectivity index (χ1) is 12.3. The molecule has 0 atom stereocenters. The topological polar surface area (TPSA) is 50.0 Å². The molecule has 0 amide bonds. The lowest BCUT2D eigenvalue weighted by Crippen LogP contribution is -2.34. The number of benzene rings is 2. The number of nitrogens with one attached hydrogen (secondary N) is 2. The molecule has 4 heteroatoms. The first kappa shape index (κ1) is 15.9. The fourth-order valence-corrected chi connectivity index (χ4v) is 3.59. The van der Waals surface area contributed by atoms with Crippen LogP contribution in [0.5, 0.6) is 0 Å². The quantitative estimate of drug-likeness (QED) is 0.492. The van der Waals surface area contributed by atoms with Crippen LogP contribution < -0.4 is 0 Å². The van der Waals surface area contributed by atoms with Crippen LogP contribution in [0.4, 0.5) is 0 Å². The lowest BCUT2D eigenvalue weighted by Gasteiger charge is -2.33. The van der Waals surface area contributed by atoms with Crippen molar-refractivity contribution in [2.24, 2.45) is 0 Å². The van der Waals surface area contributed by atoms with Gasteiger partial charge in [0.2, 0.25) is 5.79 Å². The van der Waals surface area contributed by atoms with E-state index in [0.717, 1.165) is 32.9 Å². The molecule has 25 heavy (non-hydrogen) atoms. The van der Waals surface area contributed by atoms with Crippen molar-refractivity contribution in [1.82, 2.24) is 9.97 Å². The average Bonchev–Trinajstić information content (AvgIpc) is 3.26. The van der Waals surface area contributed by atoms with Gasteiger partial charge in [-0.05, 0) is 26.0 Å². The van der Waals surface area contributed by atoms with Gasteiger partial charge in [-0.3, -0.25) is 0 Å². The molecule has 0 aliphatic rings. The minimum atomic E-state index is -0.956. The fourth-order valence-electron chi connectivity index (χ4n) is 3.59. The van der Waals surface area contributed by atoms with E-state index in [-0.39, 0.29) is 0 Å². The molecule has 0 unspecified atom stereocenters. The van der Waals surface area contributed by atoms with Crippen molar-refractivity contribution >= 4 is 21.8 Å². The van der Waals surface area contributed by atoms with E-state index in [4.69, 9.17) is 9.47 Å². The van der Waals surface area contributed by atoms with Gasteiger partial charge in [0.1, 0.15) is 0 Å². The van der Waals surface area contributed by atoms with Crippen molar-refractivity contribution in [1.29, 1.82) is 0 Å². The second-order valence-electron chi connectivity index (χ2n) is 5.98. The van der Waals surface area contributed by atoms with E-state index in [2.05, 4.69) is 34.2 Å². The predicted octanol–water partition coefficient (Wildman–Crippen LogP) is 4.92. The van der Waals surface area contributed by atoms with Gasteiger partial charge in [-0.15, -0.1) is 0 Å². The number of fused-ring (bicyclic) bond motifs is 2. The third-order valence-corrected chi connectivity index (χ3v) is 4.58. The fraction of sp³-hybridized carbons (Fsp3) is 0.238. The van der Waals surface area contributed by atoms with Gasteiger partial charge in [0.15, 0.2) is 0 Å². The number of H-pyrrole nitrogens is 2. The number of hydrogen-bond acceptors (Lipinski definition) is 2. The van der Waals surface area contributed by atoms with E-state index >= 15 is 0 Å². The lowest BCUT2D eigenvalue weighted by atomic mass is 9.95. The van der Waals surface area contributed by atoms with Crippen molar-refractivity contribution < 1.29 is 9.47 Å². The highest BCUT2D eigenvalue weighted by Gasteiger charge is 2.40. The summed E-state index contributed by atoms with van der Waals surface area (Å²) in [7, 11) is 0. The Morgan fingerprint density at radius 1 is 0.720 bits per heavy atom. The van der Waals surface area contributed by atoms with Crippen LogP contribution in [0.3, 0.4) is 0 Å². The van der Waals surface area contributed by atoms with E-state index in [9.17, 15) is 0 Å². The molecular formula is C21H22N2O2. The number of aromatic nitrogens is 2. The normalized spacial score (nSPS) is 12.2. The maximum atomic E-state index is 6.31. The molecule has 0 saturated heterocycles. The van der Waals surface area contributed by atoms with E-state index in [1.54, 1.807) is 0 Å². The summed E-state index contributed by atoms with van der Waals surface area (Å²) in [4.78, 5) is 6.70. The summed E-state index contributed by atoms with van der Waals surface area (Å²) in [6, 6.07) is 16.5. The second kappa shape index (κ2) is 6.39. The molecule has 4 nitrogen and oxygen atoms in total. The molecule has 0 fully saturated rings. The van der Waals surface area contributed by atoms with Gasteiger partial charge in [0, 0.05) is 58.5 Å². The number of para-hydroxylation sites is 2. The number of hydrogen-bond donors (Lipinski definition) is 2. The molecule has 2 N–H and O–H groups in total. The molecule has 0 radical (unpaired) electrons. The zero-order valence-electron chi connectivity index (χ0n) is 14.5. The van der Waals surface area contributed by atoms with Gasteiger partial charge in [0.05, 0.1) is 0 Å². The molecule has 128 valence electrons. The van der Waals surface area contributed by atoms with Crippen LogP contribution in [0.25, 0.3) is 21.8 Å². The van der Waals surface area contributed by atoms with Crippen LogP contribution in [0.1, 0.15) is 25.0 Å². The van der Waals surface area contributed by atoms with Gasteiger partial charge >= 0.3 is 0 Å². The molecule has 4 rings (SSSR count). The van der Waals surface area contributed by atoms with Crippen molar-refractivity contribution in [3.05, 3.63) is 72.1 Å². The van der Waals surface area contributed by atoms with Gasteiger partial charge < -0.3 is 19.4 Å². The highest BCUT2D eigenvalue weighted by atomic mass is 16.7. The summed E-state index contributed by atoms with van der Waals surface area (Å²) >= 11 is 0. The zero-order chi connectivity index (χ0) is 17.3. The molecule has 2 heterocycles. The first-order valence-corrected chi connectivity index (χ1v) is 8.71. The monoisotopic (exact) mass is 334 g/mol. The maximum absolute atomic E-state index is 6.31. The smallest absolute Gasteiger partial charge is 0.226 e. The molecule has 0 aliphatic carbocycles. The highest BCUT2D eigenvalue weighted by Crippen LogP contribution is 2.42. The second-order valence-corrected chi connectivity index (χ2v) is 5.98. The maximum Gasteiger partial charge on any atom is 0.226 e. The molecule has 0 aliphatic heterocycles. The Morgan fingerprint density at radius 3 is 1.60 bits per heavy atom. The van der Waals surface area contributed by atoms with Crippen molar-refractivity contribution in [2.75, 3.05) is 13.2 Å². The Labute approximate surface area is 146 Å². The molecule has 0 saturated carbocycles. The zero-order valence-corrected chi connectivity index (χ0v) is 14.5. The largest absolute Gasteiger partial charge is 0.361 e. The van der Waals surface area contributed by atoms with Crippen molar-refractivity contribution in [3.8, 4) is 0 Å². The van der Waals surface area contributed by atoms with Crippen LogP contribution in [-0.4, -0.2) is 23.2 Å². The van der Waals surface area contributed by atoms with Gasteiger partial charge in [-0.1, -0.05) is 36.4 Å². The van der Waals surface area contributed by atoms with Crippen LogP contribution in [0.2, 0.25) is 0 Å². The Kier molecular flexibility index (Phi) is 4.07. The minimum Gasteiger partial charge on any atom is -0.361 e. The average molecular weight is 334 g/mol. The van der Waals surface area contributed by atoms with Crippen LogP contribution in [-0.2, 0) is 15.3 Å². The van der Waals surface area contributed by atoms with E-state index in [1.165, 1.54) is 0 Å². The summed E-state index contributed by atoms with van der Waals surface area (Å²) in [6.07, 6.45) is 4.00. The molecule has 2 aromatic carbocycles. The van der Waals surface area contributed by atoms with Gasteiger partial charge in [-0.2, -0.15) is 0 Å². The Bertz CT molecular complexity index is 917. The van der Waals surface area contributed by atoms with Gasteiger partial charge in [-0.25, -0.2) is 0 Å². The van der Waals surface area contributed by atoms with Crippen molar-refractivity contribution in [3.63, 3.8) is 0 Å². The predicted molar refractivity (Wildman–Crippen MR) is 101 cm³/mol. The van der Waals surface area contributed by atoms with Crippen LogP contribution in [0.15, 0.2) is 60.9 Å². The lowest BCUT2D eigenvalue weighted by molar-refractivity contribution is -0.211. The molecule has 4 aromatic rings. The molecular weight excluding hydrogens is 312 g/mol. The number of aromatic amines is 2. The summed E-state index contributed by atoms with van der Waals surface area (Å²) in [5, 5.41) is 2.21. The summed E-state index contributed by atoms with van der Waals surface area (Å²) in [6.45, 7) is 5.08. The highest BCUT2D eigenvalue weighted by molar-refractivity contribution is 5.88. The standard InChI is InChI=1S/C21H22N2O2/c1-3-24-21(25-4-2,17-13-22-19-11-7-5-9-15(17)19)18-14-23-20-12-8-6-10-16(18)20/h5-14,22-23H,3-4H2,1-2H3. The molecule has 0 spiro atoms. The van der Waals surface area contributed by atoms with E-state index in [1.807, 2.05) is 50.5 Å².